The molecular formula is C21H14ClN3O5. The van der Waals surface area contributed by atoms with Crippen LogP contribution in [0.5, 0.6) is 5.75 Å². The average Bonchev–Trinajstić information content (AvgIpc) is 3.21. The molecule has 150 valence electrons. The van der Waals surface area contributed by atoms with Crippen molar-refractivity contribution in [3.05, 3.63) is 81.1 Å². The minimum Gasteiger partial charge on any atom is -0.495 e. The largest absolute Gasteiger partial charge is 0.495 e. The third kappa shape index (κ3) is 4.66. The highest BCUT2D eigenvalue weighted by molar-refractivity contribution is 6.31. The number of nitriles is 1. The van der Waals surface area contributed by atoms with E-state index in [9.17, 15) is 20.2 Å². The van der Waals surface area contributed by atoms with E-state index in [1.54, 1.807) is 36.4 Å². The fourth-order valence-electron chi connectivity index (χ4n) is 2.59. The summed E-state index contributed by atoms with van der Waals surface area (Å²) in [5.41, 5.74) is 0.709. The number of rotatable bonds is 6. The molecule has 0 aliphatic rings. The first-order valence-corrected chi connectivity index (χ1v) is 8.90. The number of amides is 1. The van der Waals surface area contributed by atoms with Gasteiger partial charge in [0.1, 0.15) is 28.9 Å². The molecule has 2 aromatic carbocycles. The van der Waals surface area contributed by atoms with Crippen molar-refractivity contribution in [2.45, 2.75) is 0 Å². The molecule has 1 aromatic heterocycles. The Morgan fingerprint density at radius 3 is 2.60 bits per heavy atom. The van der Waals surface area contributed by atoms with Crippen LogP contribution in [-0.2, 0) is 4.79 Å². The van der Waals surface area contributed by atoms with Crippen LogP contribution >= 0.6 is 11.6 Å². The maximum Gasteiger partial charge on any atom is 0.269 e. The van der Waals surface area contributed by atoms with Gasteiger partial charge in [-0.3, -0.25) is 14.9 Å². The van der Waals surface area contributed by atoms with Gasteiger partial charge in [0.15, 0.2) is 0 Å². The fraction of sp³-hybridized carbons (Fsp3) is 0.0476. The molecule has 0 saturated heterocycles. The first-order chi connectivity index (χ1) is 14.4. The number of benzene rings is 2. The molecule has 30 heavy (non-hydrogen) atoms. The molecule has 0 spiro atoms. The first kappa shape index (κ1) is 20.6. The molecule has 1 N–H and O–H groups in total. The summed E-state index contributed by atoms with van der Waals surface area (Å²) in [5.74, 6) is 0.438. The Hall–Kier alpha value is -4.09. The lowest BCUT2D eigenvalue weighted by atomic mass is 10.1. The van der Waals surface area contributed by atoms with Gasteiger partial charge in [0.05, 0.1) is 17.7 Å². The second-order valence-electron chi connectivity index (χ2n) is 5.97. The van der Waals surface area contributed by atoms with Gasteiger partial charge >= 0.3 is 0 Å². The van der Waals surface area contributed by atoms with Crippen LogP contribution in [0.2, 0.25) is 5.02 Å². The minimum absolute atomic E-state index is 0.0368. The molecule has 0 atom stereocenters. The second kappa shape index (κ2) is 8.94. The van der Waals surface area contributed by atoms with Gasteiger partial charge in [0.2, 0.25) is 0 Å². The highest BCUT2D eigenvalue weighted by atomic mass is 35.5. The molecular weight excluding hydrogens is 410 g/mol. The lowest BCUT2D eigenvalue weighted by molar-refractivity contribution is -0.384. The summed E-state index contributed by atoms with van der Waals surface area (Å²) >= 11 is 5.95. The Labute approximate surface area is 176 Å². The number of furan rings is 1. The molecule has 9 heteroatoms. The van der Waals surface area contributed by atoms with E-state index in [1.807, 2.05) is 6.07 Å². The van der Waals surface area contributed by atoms with Crippen LogP contribution in [0.1, 0.15) is 5.76 Å². The summed E-state index contributed by atoms with van der Waals surface area (Å²) in [7, 11) is 1.45. The number of carbonyl (C=O) groups excluding carboxylic acids is 1. The van der Waals surface area contributed by atoms with Gasteiger partial charge in [-0.1, -0.05) is 11.6 Å². The van der Waals surface area contributed by atoms with Crippen molar-refractivity contribution in [3.8, 4) is 23.1 Å². The smallest absolute Gasteiger partial charge is 0.269 e. The highest BCUT2D eigenvalue weighted by Gasteiger charge is 2.14. The maximum absolute atomic E-state index is 12.5. The summed E-state index contributed by atoms with van der Waals surface area (Å²) in [6, 6.07) is 15.6. The molecule has 0 saturated carbocycles. The number of halogens is 1. The summed E-state index contributed by atoms with van der Waals surface area (Å²) in [6.07, 6.45) is 1.29. The zero-order valence-corrected chi connectivity index (χ0v) is 16.3. The Morgan fingerprint density at radius 1 is 1.23 bits per heavy atom. The Bertz CT molecular complexity index is 1180. The number of ether oxygens (including phenoxy) is 1. The van der Waals surface area contributed by atoms with Crippen molar-refractivity contribution in [3.63, 3.8) is 0 Å². The number of anilines is 1. The number of non-ortho nitro benzene ring substituents is 1. The van der Waals surface area contributed by atoms with E-state index in [-0.39, 0.29) is 17.0 Å². The topological polar surface area (TPSA) is 118 Å². The summed E-state index contributed by atoms with van der Waals surface area (Å²) < 4.78 is 10.8. The number of nitrogens with one attached hydrogen (secondary N) is 1. The van der Waals surface area contributed by atoms with Crippen molar-refractivity contribution in [1.82, 2.24) is 0 Å². The Morgan fingerprint density at radius 2 is 1.97 bits per heavy atom. The number of methoxy groups -OCH3 is 1. The van der Waals surface area contributed by atoms with Gasteiger partial charge in [-0.25, -0.2) is 0 Å². The van der Waals surface area contributed by atoms with Gasteiger partial charge in [0.25, 0.3) is 11.6 Å². The van der Waals surface area contributed by atoms with Crippen LogP contribution < -0.4 is 10.1 Å². The molecule has 0 unspecified atom stereocenters. The molecule has 0 aliphatic heterocycles. The highest BCUT2D eigenvalue weighted by Crippen LogP contribution is 2.29. The minimum atomic E-state index is -0.661. The molecule has 8 nitrogen and oxygen atoms in total. The quantitative estimate of drug-likeness (QED) is 0.256. The van der Waals surface area contributed by atoms with Crippen molar-refractivity contribution in [1.29, 1.82) is 5.26 Å². The van der Waals surface area contributed by atoms with Crippen LogP contribution in [0, 0.1) is 21.4 Å². The van der Waals surface area contributed by atoms with E-state index in [0.29, 0.717) is 27.8 Å². The number of nitro benzene ring substituents is 1. The number of nitrogens with zero attached hydrogens (tertiary/aromatic N) is 2. The second-order valence-corrected chi connectivity index (χ2v) is 6.41. The van der Waals surface area contributed by atoms with Crippen LogP contribution in [-0.4, -0.2) is 17.9 Å². The lowest BCUT2D eigenvalue weighted by Gasteiger charge is -2.09. The Balaban J connectivity index is 1.81. The molecule has 3 rings (SSSR count). The van der Waals surface area contributed by atoms with Crippen molar-refractivity contribution in [2.75, 3.05) is 12.4 Å². The summed E-state index contributed by atoms with van der Waals surface area (Å²) in [4.78, 5) is 22.8. The van der Waals surface area contributed by atoms with Gasteiger partial charge in [-0.15, -0.1) is 0 Å². The third-order valence-corrected chi connectivity index (χ3v) is 4.29. The molecule has 0 radical (unpaired) electrons. The summed E-state index contributed by atoms with van der Waals surface area (Å²) in [6.45, 7) is 0. The molecule has 1 amide bonds. The standard InChI is InChI=1S/C21H14ClN3O5/c1-29-20-8-4-15(22)11-18(20)24-21(26)14(12-23)10-17-7-9-19(30-17)13-2-5-16(6-3-13)25(27)28/h2-11H,1H3,(H,24,26)/b14-10+. The predicted octanol–water partition coefficient (Wildman–Crippen LogP) is 5.06. The number of carbonyl (C=O) groups is 1. The maximum atomic E-state index is 12.5. The van der Waals surface area contributed by atoms with Gasteiger partial charge in [-0.05, 0) is 42.5 Å². The number of nitro groups is 1. The number of hydrogen-bond donors (Lipinski definition) is 1. The Kier molecular flexibility index (Phi) is 6.15. The van der Waals surface area contributed by atoms with E-state index in [4.69, 9.17) is 20.8 Å². The van der Waals surface area contributed by atoms with Crippen molar-refractivity contribution >= 4 is 35.0 Å². The zero-order chi connectivity index (χ0) is 21.7. The average molecular weight is 424 g/mol. The van der Waals surface area contributed by atoms with Gasteiger partial charge in [0, 0.05) is 28.8 Å². The van der Waals surface area contributed by atoms with E-state index in [2.05, 4.69) is 5.32 Å². The molecule has 0 bridgehead atoms. The summed E-state index contributed by atoms with van der Waals surface area (Å²) in [5, 5.41) is 23.1. The molecule has 3 aromatic rings. The van der Waals surface area contributed by atoms with Crippen molar-refractivity contribution < 1.29 is 18.9 Å². The molecule has 0 aliphatic carbocycles. The van der Waals surface area contributed by atoms with Gasteiger partial charge < -0.3 is 14.5 Å². The van der Waals surface area contributed by atoms with E-state index in [1.165, 1.54) is 31.4 Å². The normalized spacial score (nSPS) is 10.9. The van der Waals surface area contributed by atoms with E-state index in [0.717, 1.165) is 0 Å². The van der Waals surface area contributed by atoms with Crippen LogP contribution in [0.4, 0.5) is 11.4 Å². The first-order valence-electron chi connectivity index (χ1n) is 8.52. The predicted molar refractivity (Wildman–Crippen MR) is 111 cm³/mol. The van der Waals surface area contributed by atoms with E-state index >= 15 is 0 Å². The molecule has 0 fully saturated rings. The monoisotopic (exact) mass is 423 g/mol. The van der Waals surface area contributed by atoms with E-state index < -0.39 is 10.8 Å². The van der Waals surface area contributed by atoms with Crippen LogP contribution in [0.25, 0.3) is 17.4 Å². The lowest BCUT2D eigenvalue weighted by Crippen LogP contribution is -2.14. The van der Waals surface area contributed by atoms with Gasteiger partial charge in [-0.2, -0.15) is 5.26 Å². The number of hydrogen-bond acceptors (Lipinski definition) is 6. The molecule has 1 heterocycles. The zero-order valence-electron chi connectivity index (χ0n) is 15.6. The van der Waals surface area contributed by atoms with Crippen LogP contribution in [0.15, 0.2) is 64.6 Å². The van der Waals surface area contributed by atoms with Crippen molar-refractivity contribution in [2.24, 2.45) is 0 Å². The van der Waals surface area contributed by atoms with Crippen LogP contribution in [0.3, 0.4) is 0 Å². The SMILES string of the molecule is COc1ccc(Cl)cc1NC(=O)/C(C#N)=C/c1ccc(-c2ccc([N+](=O)[O-])cc2)o1. The third-order valence-electron chi connectivity index (χ3n) is 4.05. The fourth-order valence-corrected chi connectivity index (χ4v) is 2.76.